The Hall–Kier alpha value is -0.0400. The van der Waals surface area contributed by atoms with Crippen LogP contribution in [0, 0.1) is 11.3 Å². The summed E-state index contributed by atoms with van der Waals surface area (Å²) in [7, 11) is 0. The van der Waals surface area contributed by atoms with Gasteiger partial charge in [0.05, 0.1) is 0 Å². The van der Waals surface area contributed by atoms with Gasteiger partial charge in [0.15, 0.2) is 0 Å². The molecule has 0 saturated carbocycles. The Morgan fingerprint density at radius 2 is 2.18 bits per heavy atom. The summed E-state index contributed by atoms with van der Waals surface area (Å²) in [5, 5.41) is 3.48. The second kappa shape index (κ2) is 3.57. The summed E-state index contributed by atoms with van der Waals surface area (Å²) in [5.41, 5.74) is 0.549. The summed E-state index contributed by atoms with van der Waals surface area (Å²) in [6, 6.07) is 0. The molecule has 66 valence electrons. The maximum atomic E-state index is 3.48. The Morgan fingerprint density at radius 3 is 2.64 bits per heavy atom. The summed E-state index contributed by atoms with van der Waals surface area (Å²) < 4.78 is 0. The first-order valence-electron chi connectivity index (χ1n) is 4.87. The maximum absolute atomic E-state index is 3.48. The van der Waals surface area contributed by atoms with Crippen molar-refractivity contribution < 1.29 is 0 Å². The van der Waals surface area contributed by atoms with E-state index in [-0.39, 0.29) is 0 Å². The van der Waals surface area contributed by atoms with Gasteiger partial charge >= 0.3 is 0 Å². The molecule has 0 aliphatic carbocycles. The van der Waals surface area contributed by atoms with Crippen molar-refractivity contribution in [1.29, 1.82) is 0 Å². The second-order valence-corrected chi connectivity index (χ2v) is 4.39. The zero-order chi connectivity index (χ0) is 8.32. The first-order chi connectivity index (χ1) is 5.17. The van der Waals surface area contributed by atoms with Gasteiger partial charge in [0.25, 0.3) is 0 Å². The van der Waals surface area contributed by atoms with Crippen LogP contribution >= 0.6 is 0 Å². The highest BCUT2D eigenvalue weighted by molar-refractivity contribution is 4.81. The van der Waals surface area contributed by atoms with E-state index < -0.39 is 0 Å². The monoisotopic (exact) mass is 155 g/mol. The largest absolute Gasteiger partial charge is 0.316 e. The predicted octanol–water partition coefficient (Wildman–Crippen LogP) is 2.42. The van der Waals surface area contributed by atoms with E-state index in [1.807, 2.05) is 0 Å². The van der Waals surface area contributed by atoms with Gasteiger partial charge in [0, 0.05) is 0 Å². The molecule has 1 heteroatoms. The predicted molar refractivity (Wildman–Crippen MR) is 49.7 cm³/mol. The van der Waals surface area contributed by atoms with Gasteiger partial charge in [-0.2, -0.15) is 0 Å². The van der Waals surface area contributed by atoms with Gasteiger partial charge in [-0.25, -0.2) is 0 Å². The number of nitrogens with one attached hydrogen (secondary N) is 1. The molecule has 0 bridgehead atoms. The van der Waals surface area contributed by atoms with E-state index in [0.29, 0.717) is 5.41 Å². The first kappa shape index (κ1) is 9.05. The van der Waals surface area contributed by atoms with Crippen LogP contribution in [0.25, 0.3) is 0 Å². The van der Waals surface area contributed by atoms with Crippen molar-refractivity contribution in [3.8, 4) is 0 Å². The minimum absolute atomic E-state index is 0.549. The third-order valence-corrected chi connectivity index (χ3v) is 3.31. The highest BCUT2D eigenvalue weighted by Gasteiger charge is 2.28. The summed E-state index contributed by atoms with van der Waals surface area (Å²) in [5.74, 6) is 0.904. The van der Waals surface area contributed by atoms with E-state index in [4.69, 9.17) is 0 Å². The Balaban J connectivity index is 2.43. The summed E-state index contributed by atoms with van der Waals surface area (Å²) >= 11 is 0. The molecule has 0 aromatic rings. The third kappa shape index (κ3) is 2.19. The topological polar surface area (TPSA) is 12.0 Å². The molecule has 11 heavy (non-hydrogen) atoms. The lowest BCUT2D eigenvalue weighted by atomic mass is 9.73. The van der Waals surface area contributed by atoms with Crippen LogP contribution in [0.4, 0.5) is 0 Å². The molecule has 0 aromatic carbocycles. The molecule has 1 fully saturated rings. The van der Waals surface area contributed by atoms with Crippen LogP contribution in [0.15, 0.2) is 0 Å². The normalized spacial score (nSPS) is 27.0. The Morgan fingerprint density at radius 1 is 1.45 bits per heavy atom. The van der Waals surface area contributed by atoms with Gasteiger partial charge in [-0.05, 0) is 37.3 Å². The SMILES string of the molecule is CCC(C)(C)C1CCCNC1. The summed E-state index contributed by atoms with van der Waals surface area (Å²) in [6.07, 6.45) is 4.10. The highest BCUT2D eigenvalue weighted by atomic mass is 14.9. The van der Waals surface area contributed by atoms with Crippen molar-refractivity contribution in [2.24, 2.45) is 11.3 Å². The zero-order valence-electron chi connectivity index (χ0n) is 8.11. The van der Waals surface area contributed by atoms with E-state index in [2.05, 4.69) is 26.1 Å². The van der Waals surface area contributed by atoms with Crippen LogP contribution in [0.2, 0.25) is 0 Å². The van der Waals surface area contributed by atoms with Crippen LogP contribution in [-0.2, 0) is 0 Å². The van der Waals surface area contributed by atoms with Gasteiger partial charge in [-0.3, -0.25) is 0 Å². The molecule has 0 aromatic heterocycles. The van der Waals surface area contributed by atoms with Gasteiger partial charge in [0.2, 0.25) is 0 Å². The molecule has 1 unspecified atom stereocenters. The van der Waals surface area contributed by atoms with Gasteiger partial charge < -0.3 is 5.32 Å². The number of hydrogen-bond acceptors (Lipinski definition) is 1. The molecule has 1 nitrogen and oxygen atoms in total. The highest BCUT2D eigenvalue weighted by Crippen LogP contribution is 2.34. The fourth-order valence-electron chi connectivity index (χ4n) is 1.81. The van der Waals surface area contributed by atoms with Crippen molar-refractivity contribution in [2.45, 2.75) is 40.0 Å². The van der Waals surface area contributed by atoms with E-state index in [9.17, 15) is 0 Å². The zero-order valence-corrected chi connectivity index (χ0v) is 8.11. The fraction of sp³-hybridized carbons (Fsp3) is 1.00. The van der Waals surface area contributed by atoms with E-state index >= 15 is 0 Å². The molecule has 1 aliphatic rings. The van der Waals surface area contributed by atoms with Crippen LogP contribution in [0.1, 0.15) is 40.0 Å². The molecule has 0 amide bonds. The number of hydrogen-bond donors (Lipinski definition) is 1. The van der Waals surface area contributed by atoms with Crippen LogP contribution in [0.3, 0.4) is 0 Å². The molecule has 1 N–H and O–H groups in total. The number of piperidine rings is 1. The van der Waals surface area contributed by atoms with E-state index in [1.165, 1.54) is 32.4 Å². The fourth-order valence-corrected chi connectivity index (χ4v) is 1.81. The molecule has 1 heterocycles. The standard InChI is InChI=1S/C10H21N/c1-4-10(2,3)9-6-5-7-11-8-9/h9,11H,4-8H2,1-3H3. The average Bonchev–Trinajstić information content (AvgIpc) is 2.06. The molecule has 1 aliphatic heterocycles. The van der Waals surface area contributed by atoms with E-state index in [0.717, 1.165) is 5.92 Å². The van der Waals surface area contributed by atoms with Crippen molar-refractivity contribution in [3.05, 3.63) is 0 Å². The first-order valence-corrected chi connectivity index (χ1v) is 4.87. The number of rotatable bonds is 2. The minimum Gasteiger partial charge on any atom is -0.316 e. The maximum Gasteiger partial charge on any atom is -0.00154 e. The third-order valence-electron chi connectivity index (χ3n) is 3.31. The minimum atomic E-state index is 0.549. The molecular formula is C10H21N. The molecule has 1 rings (SSSR count). The lowest BCUT2D eigenvalue weighted by molar-refractivity contribution is 0.165. The van der Waals surface area contributed by atoms with Crippen LogP contribution in [0.5, 0.6) is 0 Å². The summed E-state index contributed by atoms with van der Waals surface area (Å²) in [6.45, 7) is 9.56. The summed E-state index contributed by atoms with van der Waals surface area (Å²) in [4.78, 5) is 0. The second-order valence-electron chi connectivity index (χ2n) is 4.39. The molecule has 1 atom stereocenters. The van der Waals surface area contributed by atoms with Crippen molar-refractivity contribution in [2.75, 3.05) is 13.1 Å². The van der Waals surface area contributed by atoms with Crippen LogP contribution < -0.4 is 5.32 Å². The lowest BCUT2D eigenvalue weighted by Gasteiger charge is -2.36. The molecule has 0 radical (unpaired) electrons. The Bertz CT molecular complexity index is 112. The van der Waals surface area contributed by atoms with Crippen LogP contribution in [-0.4, -0.2) is 13.1 Å². The quantitative estimate of drug-likeness (QED) is 0.646. The smallest absolute Gasteiger partial charge is 0.00154 e. The van der Waals surface area contributed by atoms with Crippen molar-refractivity contribution >= 4 is 0 Å². The lowest BCUT2D eigenvalue weighted by Crippen LogP contribution is -2.37. The Labute approximate surface area is 70.6 Å². The van der Waals surface area contributed by atoms with Crippen molar-refractivity contribution in [3.63, 3.8) is 0 Å². The van der Waals surface area contributed by atoms with Gasteiger partial charge in [-0.1, -0.05) is 27.2 Å². The van der Waals surface area contributed by atoms with Gasteiger partial charge in [0.1, 0.15) is 0 Å². The van der Waals surface area contributed by atoms with Gasteiger partial charge in [-0.15, -0.1) is 0 Å². The Kier molecular flexibility index (Phi) is 2.94. The molecule has 0 spiro atoms. The van der Waals surface area contributed by atoms with E-state index in [1.54, 1.807) is 0 Å². The van der Waals surface area contributed by atoms with Crippen molar-refractivity contribution in [1.82, 2.24) is 5.32 Å². The molecular weight excluding hydrogens is 134 g/mol. The average molecular weight is 155 g/mol. The molecule has 1 saturated heterocycles.